The molecule has 0 radical (unpaired) electrons. The standard InChI is InChI=1S/C26H31F3N2O2/c1-18-16-30(17-19-6-4-3-5-7-19)15-14-23(18)31(22-12-13-22)24(32)20-8-10-21(11-9-20)25(2,33)26(27,28)29/h3-11,18,22-23,33H,12-17H2,1-2H3/t18?,23?,25-/m0/s1. The number of amides is 1. The monoisotopic (exact) mass is 460 g/mol. The number of hydrogen-bond acceptors (Lipinski definition) is 3. The zero-order chi connectivity index (χ0) is 23.8. The summed E-state index contributed by atoms with van der Waals surface area (Å²) in [7, 11) is 0. The summed E-state index contributed by atoms with van der Waals surface area (Å²) in [6, 6.07) is 15.9. The van der Waals surface area contributed by atoms with Crippen LogP contribution in [0.1, 0.15) is 54.6 Å². The molecule has 1 saturated heterocycles. The van der Waals surface area contributed by atoms with Gasteiger partial charge < -0.3 is 10.0 Å². The van der Waals surface area contributed by atoms with E-state index in [-0.39, 0.29) is 29.5 Å². The Bertz CT molecular complexity index is 956. The van der Waals surface area contributed by atoms with Gasteiger partial charge in [0.1, 0.15) is 0 Å². The van der Waals surface area contributed by atoms with Crippen molar-refractivity contribution in [3.8, 4) is 0 Å². The molecule has 1 amide bonds. The van der Waals surface area contributed by atoms with E-state index in [9.17, 15) is 23.1 Å². The molecule has 2 aromatic rings. The van der Waals surface area contributed by atoms with Gasteiger partial charge in [0, 0.05) is 37.3 Å². The van der Waals surface area contributed by atoms with Gasteiger partial charge in [-0.15, -0.1) is 0 Å². The summed E-state index contributed by atoms with van der Waals surface area (Å²) in [5.74, 6) is 0.154. The topological polar surface area (TPSA) is 43.8 Å². The molecule has 0 spiro atoms. The van der Waals surface area contributed by atoms with Crippen LogP contribution in [0.3, 0.4) is 0 Å². The third-order valence-electron chi connectivity index (χ3n) is 6.97. The third kappa shape index (κ3) is 5.09. The van der Waals surface area contributed by atoms with Crippen LogP contribution in [0.15, 0.2) is 54.6 Å². The van der Waals surface area contributed by atoms with Crippen LogP contribution in [0, 0.1) is 5.92 Å². The highest BCUT2D eigenvalue weighted by Crippen LogP contribution is 2.39. The van der Waals surface area contributed by atoms with Gasteiger partial charge in [0.2, 0.25) is 0 Å². The number of halogens is 3. The van der Waals surface area contributed by atoms with Gasteiger partial charge >= 0.3 is 6.18 Å². The number of likely N-dealkylation sites (tertiary alicyclic amines) is 1. The van der Waals surface area contributed by atoms with E-state index in [1.54, 1.807) is 0 Å². The average molecular weight is 461 g/mol. The van der Waals surface area contributed by atoms with Gasteiger partial charge in [0.25, 0.3) is 5.91 Å². The molecule has 0 bridgehead atoms. The molecule has 1 heterocycles. The van der Waals surface area contributed by atoms with Crippen LogP contribution in [-0.4, -0.2) is 52.2 Å². The van der Waals surface area contributed by atoms with Crippen molar-refractivity contribution in [2.45, 2.75) is 63.5 Å². The molecule has 4 nitrogen and oxygen atoms in total. The molecule has 3 atom stereocenters. The van der Waals surface area contributed by atoms with E-state index in [4.69, 9.17) is 0 Å². The largest absolute Gasteiger partial charge is 0.421 e. The quantitative estimate of drug-likeness (QED) is 0.662. The van der Waals surface area contributed by atoms with Crippen molar-refractivity contribution >= 4 is 5.91 Å². The number of nitrogens with zero attached hydrogens (tertiary/aromatic N) is 2. The predicted molar refractivity (Wildman–Crippen MR) is 121 cm³/mol. The van der Waals surface area contributed by atoms with Crippen LogP contribution < -0.4 is 0 Å². The number of benzene rings is 2. The SMILES string of the molecule is CC1CN(Cc2ccccc2)CCC1N(C(=O)c1ccc([C@](C)(O)C(F)(F)F)cc1)C1CC1. The van der Waals surface area contributed by atoms with Crippen molar-refractivity contribution in [2.24, 2.45) is 5.92 Å². The second-order valence-corrected chi connectivity index (χ2v) is 9.64. The summed E-state index contributed by atoms with van der Waals surface area (Å²) in [5.41, 5.74) is -1.59. The minimum Gasteiger partial charge on any atom is -0.376 e. The van der Waals surface area contributed by atoms with E-state index >= 15 is 0 Å². The normalized spacial score (nSPS) is 23.7. The highest BCUT2D eigenvalue weighted by atomic mass is 19.4. The summed E-state index contributed by atoms with van der Waals surface area (Å²) in [6.45, 7) is 5.58. The van der Waals surface area contributed by atoms with E-state index in [2.05, 4.69) is 24.0 Å². The highest BCUT2D eigenvalue weighted by Gasteiger charge is 2.51. The maximum Gasteiger partial charge on any atom is 0.421 e. The van der Waals surface area contributed by atoms with Crippen molar-refractivity contribution in [3.63, 3.8) is 0 Å². The number of hydrogen-bond donors (Lipinski definition) is 1. The van der Waals surface area contributed by atoms with E-state index in [1.165, 1.54) is 29.8 Å². The lowest BCUT2D eigenvalue weighted by Crippen LogP contribution is -2.52. The fourth-order valence-corrected chi connectivity index (χ4v) is 4.81. The molecule has 178 valence electrons. The Morgan fingerprint density at radius 3 is 2.24 bits per heavy atom. The Kier molecular flexibility index (Phi) is 6.56. The van der Waals surface area contributed by atoms with Crippen LogP contribution in [-0.2, 0) is 12.1 Å². The van der Waals surface area contributed by atoms with Crippen molar-refractivity contribution < 1.29 is 23.1 Å². The third-order valence-corrected chi connectivity index (χ3v) is 6.97. The molecule has 4 rings (SSSR count). The summed E-state index contributed by atoms with van der Waals surface area (Å²) >= 11 is 0. The first-order chi connectivity index (χ1) is 15.6. The van der Waals surface area contributed by atoms with Crippen LogP contribution in [0.25, 0.3) is 0 Å². The number of carbonyl (C=O) groups is 1. The Morgan fingerprint density at radius 1 is 1.06 bits per heavy atom. The van der Waals surface area contributed by atoms with E-state index in [0.717, 1.165) is 45.8 Å². The molecular formula is C26H31F3N2O2. The maximum absolute atomic E-state index is 13.4. The fraction of sp³-hybridized carbons (Fsp3) is 0.500. The zero-order valence-electron chi connectivity index (χ0n) is 19.1. The number of aliphatic hydroxyl groups is 1. The van der Waals surface area contributed by atoms with Crippen LogP contribution >= 0.6 is 0 Å². The molecule has 1 saturated carbocycles. The van der Waals surface area contributed by atoms with Gasteiger partial charge in [-0.3, -0.25) is 9.69 Å². The van der Waals surface area contributed by atoms with Crippen molar-refractivity contribution in [1.29, 1.82) is 0 Å². The van der Waals surface area contributed by atoms with E-state index < -0.39 is 11.8 Å². The lowest BCUT2D eigenvalue weighted by atomic mass is 9.90. The Labute approximate surface area is 193 Å². The molecule has 1 aliphatic carbocycles. The molecule has 0 aromatic heterocycles. The summed E-state index contributed by atoms with van der Waals surface area (Å²) < 4.78 is 39.4. The fourth-order valence-electron chi connectivity index (χ4n) is 4.81. The lowest BCUT2D eigenvalue weighted by Gasteiger charge is -2.43. The highest BCUT2D eigenvalue weighted by molar-refractivity contribution is 5.95. The molecule has 2 aliphatic rings. The lowest BCUT2D eigenvalue weighted by molar-refractivity contribution is -0.258. The summed E-state index contributed by atoms with van der Waals surface area (Å²) in [4.78, 5) is 17.8. The number of piperidine rings is 1. The molecule has 2 unspecified atom stereocenters. The van der Waals surface area contributed by atoms with Gasteiger partial charge in [-0.1, -0.05) is 49.4 Å². The molecule has 1 aliphatic heterocycles. The molecular weight excluding hydrogens is 429 g/mol. The second kappa shape index (κ2) is 9.11. The van der Waals surface area contributed by atoms with Gasteiger partial charge in [-0.05, 0) is 55.4 Å². The van der Waals surface area contributed by atoms with E-state index in [0.29, 0.717) is 5.56 Å². The second-order valence-electron chi connectivity index (χ2n) is 9.64. The van der Waals surface area contributed by atoms with E-state index in [1.807, 2.05) is 23.1 Å². The number of carbonyl (C=O) groups excluding carboxylic acids is 1. The first-order valence-corrected chi connectivity index (χ1v) is 11.6. The smallest absolute Gasteiger partial charge is 0.376 e. The van der Waals surface area contributed by atoms with Crippen molar-refractivity contribution in [3.05, 3.63) is 71.3 Å². The Hall–Kier alpha value is -2.38. The van der Waals surface area contributed by atoms with Crippen LogP contribution in [0.2, 0.25) is 0 Å². The maximum atomic E-state index is 13.4. The first-order valence-electron chi connectivity index (χ1n) is 11.6. The molecule has 2 aromatic carbocycles. The van der Waals surface area contributed by atoms with Crippen LogP contribution in [0.4, 0.5) is 13.2 Å². The average Bonchev–Trinajstić information content (AvgIpc) is 3.60. The van der Waals surface area contributed by atoms with Gasteiger partial charge in [-0.25, -0.2) is 0 Å². The van der Waals surface area contributed by atoms with Crippen molar-refractivity contribution in [2.75, 3.05) is 13.1 Å². The summed E-state index contributed by atoms with van der Waals surface area (Å²) in [5, 5.41) is 9.90. The molecule has 1 N–H and O–H groups in total. The minimum atomic E-state index is -4.79. The molecule has 2 fully saturated rings. The Morgan fingerprint density at radius 2 is 1.70 bits per heavy atom. The van der Waals surface area contributed by atoms with Gasteiger partial charge in [0.15, 0.2) is 5.60 Å². The number of alkyl halides is 3. The zero-order valence-corrected chi connectivity index (χ0v) is 19.1. The predicted octanol–water partition coefficient (Wildman–Crippen LogP) is 4.97. The Balaban J connectivity index is 1.46. The first kappa shape index (κ1) is 23.8. The van der Waals surface area contributed by atoms with Gasteiger partial charge in [0.05, 0.1) is 0 Å². The molecule has 33 heavy (non-hydrogen) atoms. The van der Waals surface area contributed by atoms with Gasteiger partial charge in [-0.2, -0.15) is 13.2 Å². The number of rotatable bonds is 6. The minimum absolute atomic E-state index is 0.106. The molecule has 7 heteroatoms. The van der Waals surface area contributed by atoms with Crippen LogP contribution in [0.5, 0.6) is 0 Å². The van der Waals surface area contributed by atoms with Crippen molar-refractivity contribution in [1.82, 2.24) is 9.80 Å². The summed E-state index contributed by atoms with van der Waals surface area (Å²) in [6.07, 6.45) is -1.99.